The molecule has 1 aromatic heterocycles. The molecule has 0 spiro atoms. The molecule has 1 aromatic carbocycles. The van der Waals surface area contributed by atoms with Crippen molar-refractivity contribution in [3.8, 4) is 6.07 Å². The molecule has 1 aliphatic rings. The Morgan fingerprint density at radius 3 is 2.65 bits per heavy atom. The highest BCUT2D eigenvalue weighted by molar-refractivity contribution is 5.95. The number of nitriles is 1. The van der Waals surface area contributed by atoms with E-state index in [2.05, 4.69) is 10.3 Å². The van der Waals surface area contributed by atoms with Gasteiger partial charge in [-0.25, -0.2) is 0 Å². The van der Waals surface area contributed by atoms with Gasteiger partial charge in [0.2, 0.25) is 5.91 Å². The lowest BCUT2D eigenvalue weighted by molar-refractivity contribution is -0.137. The fraction of sp³-hybridized carbons (Fsp3) is 0.391. The number of alkyl halides is 3. The number of nitrogens with one attached hydrogen (secondary N) is 1. The number of pyridine rings is 1. The first-order valence-electron chi connectivity index (χ1n) is 10.5. The number of aryl methyl sites for hydroxylation is 1. The van der Waals surface area contributed by atoms with E-state index in [-0.39, 0.29) is 44.4 Å². The highest BCUT2D eigenvalue weighted by atomic mass is 19.4. The molecule has 1 unspecified atom stereocenters. The molecule has 1 saturated heterocycles. The van der Waals surface area contributed by atoms with Crippen LogP contribution < -0.4 is 10.2 Å². The summed E-state index contributed by atoms with van der Waals surface area (Å²) < 4.78 is 45.5. The maximum atomic E-state index is 13.5. The lowest BCUT2D eigenvalue weighted by Gasteiger charge is -2.42. The van der Waals surface area contributed by atoms with E-state index in [1.807, 2.05) is 0 Å². The van der Waals surface area contributed by atoms with Gasteiger partial charge >= 0.3 is 6.18 Å². The second-order valence-electron chi connectivity index (χ2n) is 7.77. The number of hydrogen-bond donors (Lipinski definition) is 1. The number of hydrogen-bond acceptors (Lipinski definition) is 6. The SMILES string of the molecule is COCCNC(=O)C1CN(C(=O)c2ccc(C)nc2)CCN1c1ccc(C#N)c(C(F)(F)F)c1. The summed E-state index contributed by atoms with van der Waals surface area (Å²) in [4.78, 5) is 33.1. The van der Waals surface area contributed by atoms with Crippen LogP contribution in [-0.2, 0) is 15.7 Å². The van der Waals surface area contributed by atoms with E-state index in [1.165, 1.54) is 29.2 Å². The first-order chi connectivity index (χ1) is 16.2. The van der Waals surface area contributed by atoms with Crippen LogP contribution in [0.3, 0.4) is 0 Å². The summed E-state index contributed by atoms with van der Waals surface area (Å²) in [5, 5.41) is 11.8. The van der Waals surface area contributed by atoms with Gasteiger partial charge in [0.05, 0.1) is 35.9 Å². The Bertz CT molecular complexity index is 1080. The molecule has 8 nitrogen and oxygen atoms in total. The van der Waals surface area contributed by atoms with Crippen LogP contribution in [0.2, 0.25) is 0 Å². The third kappa shape index (κ3) is 5.63. The summed E-state index contributed by atoms with van der Waals surface area (Å²) in [5.74, 6) is -0.771. The van der Waals surface area contributed by atoms with Crippen molar-refractivity contribution >= 4 is 17.5 Å². The molecule has 1 N–H and O–H groups in total. The third-order valence-corrected chi connectivity index (χ3v) is 5.49. The van der Waals surface area contributed by atoms with Gasteiger partial charge in [-0.3, -0.25) is 14.6 Å². The molecular formula is C23H24F3N5O3. The van der Waals surface area contributed by atoms with Gasteiger partial charge in [-0.15, -0.1) is 0 Å². The van der Waals surface area contributed by atoms with Crippen molar-refractivity contribution in [2.24, 2.45) is 0 Å². The number of amides is 2. The highest BCUT2D eigenvalue weighted by Gasteiger charge is 2.38. The number of aromatic nitrogens is 1. The molecule has 0 aliphatic carbocycles. The van der Waals surface area contributed by atoms with Gasteiger partial charge in [0, 0.05) is 44.3 Å². The molecule has 1 atom stereocenters. The molecule has 0 radical (unpaired) electrons. The van der Waals surface area contributed by atoms with Gasteiger partial charge in [0.25, 0.3) is 5.91 Å². The molecule has 0 bridgehead atoms. The van der Waals surface area contributed by atoms with Gasteiger partial charge in [0.15, 0.2) is 0 Å². The van der Waals surface area contributed by atoms with Crippen LogP contribution >= 0.6 is 0 Å². The van der Waals surface area contributed by atoms with E-state index >= 15 is 0 Å². The van der Waals surface area contributed by atoms with Crippen LogP contribution in [0.25, 0.3) is 0 Å². The second-order valence-corrected chi connectivity index (χ2v) is 7.77. The summed E-state index contributed by atoms with van der Waals surface area (Å²) in [5.41, 5.74) is -0.330. The van der Waals surface area contributed by atoms with Crippen molar-refractivity contribution in [1.82, 2.24) is 15.2 Å². The molecule has 2 aromatic rings. The van der Waals surface area contributed by atoms with Crippen molar-refractivity contribution in [2.45, 2.75) is 19.1 Å². The van der Waals surface area contributed by atoms with Gasteiger partial charge in [0.1, 0.15) is 6.04 Å². The molecule has 2 amide bonds. The summed E-state index contributed by atoms with van der Waals surface area (Å²) in [6.45, 7) is 2.53. The van der Waals surface area contributed by atoms with Gasteiger partial charge in [-0.1, -0.05) is 0 Å². The lowest BCUT2D eigenvalue weighted by atomic mass is 10.0. The second kappa shape index (κ2) is 10.5. The average molecular weight is 475 g/mol. The summed E-state index contributed by atoms with van der Waals surface area (Å²) in [7, 11) is 1.48. The normalized spacial score (nSPS) is 16.2. The van der Waals surface area contributed by atoms with Crippen molar-refractivity contribution in [1.29, 1.82) is 5.26 Å². The van der Waals surface area contributed by atoms with E-state index < -0.39 is 29.3 Å². The van der Waals surface area contributed by atoms with Crippen LogP contribution in [-0.4, -0.2) is 67.6 Å². The zero-order valence-corrected chi connectivity index (χ0v) is 18.7. The zero-order chi connectivity index (χ0) is 24.9. The zero-order valence-electron chi connectivity index (χ0n) is 18.7. The molecular weight excluding hydrogens is 451 g/mol. The Kier molecular flexibility index (Phi) is 7.73. The predicted octanol–water partition coefficient (Wildman–Crippen LogP) is 2.37. The monoisotopic (exact) mass is 475 g/mol. The van der Waals surface area contributed by atoms with Crippen molar-refractivity contribution in [3.63, 3.8) is 0 Å². The smallest absolute Gasteiger partial charge is 0.383 e. The number of carbonyl (C=O) groups excluding carboxylic acids is 2. The molecule has 34 heavy (non-hydrogen) atoms. The third-order valence-electron chi connectivity index (χ3n) is 5.49. The fourth-order valence-electron chi connectivity index (χ4n) is 3.71. The molecule has 3 rings (SSSR count). The first-order valence-corrected chi connectivity index (χ1v) is 10.5. The Labute approximate surface area is 194 Å². The predicted molar refractivity (Wildman–Crippen MR) is 117 cm³/mol. The molecule has 11 heteroatoms. The molecule has 2 heterocycles. The number of anilines is 1. The van der Waals surface area contributed by atoms with Gasteiger partial charge < -0.3 is 19.9 Å². The van der Waals surface area contributed by atoms with Crippen LogP contribution in [0.1, 0.15) is 27.2 Å². The van der Waals surface area contributed by atoms with Gasteiger partial charge in [-0.2, -0.15) is 18.4 Å². The van der Waals surface area contributed by atoms with Crippen LogP contribution in [0.4, 0.5) is 18.9 Å². The van der Waals surface area contributed by atoms with Crippen LogP contribution in [0.15, 0.2) is 36.5 Å². The largest absolute Gasteiger partial charge is 0.417 e. The molecule has 1 aliphatic heterocycles. The number of halogens is 3. The van der Waals surface area contributed by atoms with E-state index in [0.717, 1.165) is 17.8 Å². The van der Waals surface area contributed by atoms with E-state index in [9.17, 15) is 22.8 Å². The Morgan fingerprint density at radius 1 is 1.26 bits per heavy atom. The fourth-order valence-corrected chi connectivity index (χ4v) is 3.71. The van der Waals surface area contributed by atoms with Crippen molar-refractivity contribution in [2.75, 3.05) is 44.8 Å². The Hall–Kier alpha value is -3.65. The van der Waals surface area contributed by atoms with Crippen LogP contribution in [0, 0.1) is 18.3 Å². The van der Waals surface area contributed by atoms with E-state index in [1.54, 1.807) is 25.1 Å². The number of benzene rings is 1. The standard InChI is InChI=1S/C23H24F3N5O3/c1-15-3-4-17(13-29-15)22(33)30-8-9-31(20(14-30)21(32)28-7-10-34-2)18-6-5-16(12-27)19(11-18)23(24,25)26/h3-6,11,13,20H,7-10,14H2,1-2H3,(H,28,32). The number of methoxy groups -OCH3 is 1. The number of piperazine rings is 1. The minimum Gasteiger partial charge on any atom is -0.383 e. The maximum absolute atomic E-state index is 13.5. The molecule has 1 fully saturated rings. The van der Waals surface area contributed by atoms with Gasteiger partial charge in [-0.05, 0) is 37.3 Å². The molecule has 0 saturated carbocycles. The van der Waals surface area contributed by atoms with Crippen molar-refractivity contribution < 1.29 is 27.5 Å². The van der Waals surface area contributed by atoms with E-state index in [4.69, 9.17) is 10.00 Å². The lowest BCUT2D eigenvalue weighted by Crippen LogP contribution is -2.60. The number of nitrogens with zero attached hydrogens (tertiary/aromatic N) is 4. The Balaban J connectivity index is 1.91. The summed E-state index contributed by atoms with van der Waals surface area (Å²) in [6.07, 6.45) is -3.28. The quantitative estimate of drug-likeness (QED) is 0.645. The minimum absolute atomic E-state index is 0.0348. The minimum atomic E-state index is -4.73. The highest BCUT2D eigenvalue weighted by Crippen LogP contribution is 2.35. The topological polar surface area (TPSA) is 98.6 Å². The summed E-state index contributed by atoms with van der Waals surface area (Å²) in [6, 6.07) is 7.29. The summed E-state index contributed by atoms with van der Waals surface area (Å²) >= 11 is 0. The average Bonchev–Trinajstić information content (AvgIpc) is 2.83. The first kappa shape index (κ1) is 25.0. The van der Waals surface area contributed by atoms with Crippen LogP contribution in [0.5, 0.6) is 0 Å². The number of rotatable bonds is 6. The maximum Gasteiger partial charge on any atom is 0.417 e. The van der Waals surface area contributed by atoms with E-state index in [0.29, 0.717) is 5.56 Å². The number of ether oxygens (including phenoxy) is 1. The Morgan fingerprint density at radius 2 is 2.03 bits per heavy atom. The number of carbonyl (C=O) groups is 2. The van der Waals surface area contributed by atoms with Crippen molar-refractivity contribution in [3.05, 3.63) is 58.9 Å². The molecule has 180 valence electrons.